The zero-order valence-corrected chi connectivity index (χ0v) is 14.8. The number of hydrogen-bond donors (Lipinski definition) is 1. The highest BCUT2D eigenvalue weighted by Crippen LogP contribution is 2.32. The monoisotopic (exact) mass is 344 g/mol. The molecule has 0 bridgehead atoms. The first-order chi connectivity index (χ1) is 11.0. The average Bonchev–Trinajstić information content (AvgIpc) is 2.79. The summed E-state index contributed by atoms with van der Waals surface area (Å²) in [5.74, 6) is 0. The largest absolute Gasteiger partial charge is 0.351 e. The summed E-state index contributed by atoms with van der Waals surface area (Å²) in [5, 5.41) is 1.15. The van der Waals surface area contributed by atoms with Crippen LogP contribution in [-0.2, 0) is 13.5 Å². The molecule has 2 aromatic heterocycles. The van der Waals surface area contributed by atoms with Gasteiger partial charge in [0.05, 0.1) is 17.6 Å². The maximum atomic E-state index is 12.0. The molecule has 0 atom stereocenters. The Hall–Kier alpha value is -2.53. The van der Waals surface area contributed by atoms with E-state index in [9.17, 15) is 4.79 Å². The highest BCUT2D eigenvalue weighted by atomic mass is 35.5. The molecule has 3 aromatic rings. The van der Waals surface area contributed by atoms with Gasteiger partial charge in [-0.15, -0.1) is 12.4 Å². The predicted molar refractivity (Wildman–Crippen MR) is 100 cm³/mol. The number of urea groups is 1. The molecule has 24 heavy (non-hydrogen) atoms. The molecule has 2 heterocycles. The lowest BCUT2D eigenvalue weighted by molar-refractivity contribution is 0.256. The normalized spacial score (nSPS) is 10.5. The highest BCUT2D eigenvalue weighted by molar-refractivity contribution is 6.01. The molecule has 0 saturated carbocycles. The Balaban J connectivity index is 0.00000208. The number of rotatable bonds is 3. The summed E-state index contributed by atoms with van der Waals surface area (Å²) < 4.78 is 2.18. The molecule has 0 aliphatic rings. The number of benzene rings is 1. The Morgan fingerprint density at radius 1 is 1.29 bits per heavy atom. The first-order valence-electron chi connectivity index (χ1n) is 7.62. The third kappa shape index (κ3) is 2.83. The number of halogens is 1. The zero-order chi connectivity index (χ0) is 16.6. The van der Waals surface area contributed by atoms with Crippen LogP contribution in [0.25, 0.3) is 10.9 Å². The van der Waals surface area contributed by atoms with E-state index < -0.39 is 6.03 Å². The summed E-state index contributed by atoms with van der Waals surface area (Å²) in [7, 11) is 2.06. The number of pyridine rings is 1. The molecule has 5 nitrogen and oxygen atoms in total. The van der Waals surface area contributed by atoms with Gasteiger partial charge in [0, 0.05) is 29.8 Å². The van der Waals surface area contributed by atoms with Gasteiger partial charge in [-0.3, -0.25) is 9.88 Å². The summed E-state index contributed by atoms with van der Waals surface area (Å²) in [6.45, 7) is 4.26. The van der Waals surface area contributed by atoms with Crippen LogP contribution in [0.2, 0.25) is 0 Å². The molecule has 0 radical (unpaired) electrons. The minimum Gasteiger partial charge on any atom is -0.351 e. The van der Waals surface area contributed by atoms with Gasteiger partial charge in [0.25, 0.3) is 0 Å². The number of fused-ring (bicyclic) bond motifs is 1. The highest BCUT2D eigenvalue weighted by Gasteiger charge is 2.18. The van der Waals surface area contributed by atoms with Gasteiger partial charge >= 0.3 is 6.03 Å². The predicted octanol–water partition coefficient (Wildman–Crippen LogP) is 4.08. The lowest BCUT2D eigenvalue weighted by atomic mass is 10.1. The molecule has 0 saturated heterocycles. The van der Waals surface area contributed by atoms with Crippen LogP contribution in [0.4, 0.5) is 16.2 Å². The molecule has 2 amide bonds. The van der Waals surface area contributed by atoms with Crippen molar-refractivity contribution in [3.63, 3.8) is 0 Å². The Kier molecular flexibility index (Phi) is 5.14. The molecule has 6 heteroatoms. The van der Waals surface area contributed by atoms with Gasteiger partial charge in [-0.05, 0) is 49.2 Å². The van der Waals surface area contributed by atoms with Crippen molar-refractivity contribution in [2.75, 3.05) is 4.90 Å². The Bertz CT molecular complexity index is 874. The molecule has 0 aliphatic carbocycles. The van der Waals surface area contributed by atoms with Gasteiger partial charge in [-0.25, -0.2) is 4.79 Å². The van der Waals surface area contributed by atoms with Crippen molar-refractivity contribution in [3.05, 3.63) is 54.0 Å². The fourth-order valence-corrected chi connectivity index (χ4v) is 3.11. The summed E-state index contributed by atoms with van der Waals surface area (Å²) in [4.78, 5) is 17.5. The number of anilines is 2. The molecule has 0 unspecified atom stereocenters. The molecule has 126 valence electrons. The van der Waals surface area contributed by atoms with Crippen molar-refractivity contribution >= 4 is 40.7 Å². The smallest absolute Gasteiger partial charge is 0.323 e. The fourth-order valence-electron chi connectivity index (χ4n) is 3.11. The van der Waals surface area contributed by atoms with Gasteiger partial charge in [0.15, 0.2) is 0 Å². The number of aryl methyl sites for hydroxylation is 2. The Morgan fingerprint density at radius 2 is 2.04 bits per heavy atom. The van der Waals surface area contributed by atoms with Crippen LogP contribution in [0.5, 0.6) is 0 Å². The van der Waals surface area contributed by atoms with Gasteiger partial charge in [0.1, 0.15) is 0 Å². The maximum absolute atomic E-state index is 12.0. The lowest BCUT2D eigenvalue weighted by Gasteiger charge is -2.20. The summed E-state index contributed by atoms with van der Waals surface area (Å²) in [6, 6.07) is 9.05. The van der Waals surface area contributed by atoms with Crippen LogP contribution in [0.1, 0.15) is 18.2 Å². The van der Waals surface area contributed by atoms with E-state index in [0.717, 1.165) is 23.0 Å². The van der Waals surface area contributed by atoms with Crippen molar-refractivity contribution in [1.82, 2.24) is 9.55 Å². The second kappa shape index (κ2) is 6.93. The van der Waals surface area contributed by atoms with Crippen LogP contribution < -0.4 is 10.6 Å². The molecular weight excluding hydrogens is 324 g/mol. The third-order valence-electron chi connectivity index (χ3n) is 4.34. The van der Waals surface area contributed by atoms with Gasteiger partial charge in [0.2, 0.25) is 0 Å². The molecule has 3 rings (SSSR count). The molecule has 0 aliphatic heterocycles. The van der Waals surface area contributed by atoms with E-state index in [0.29, 0.717) is 5.69 Å². The Morgan fingerprint density at radius 3 is 2.62 bits per heavy atom. The van der Waals surface area contributed by atoms with Crippen LogP contribution in [-0.4, -0.2) is 15.6 Å². The fraction of sp³-hybridized carbons (Fsp3) is 0.222. The second-order valence-electron chi connectivity index (χ2n) is 5.56. The van der Waals surface area contributed by atoms with Crippen LogP contribution in [0.15, 0.2) is 42.7 Å². The number of amides is 2. The van der Waals surface area contributed by atoms with Crippen molar-refractivity contribution in [3.8, 4) is 0 Å². The van der Waals surface area contributed by atoms with E-state index in [-0.39, 0.29) is 12.4 Å². The standard InChI is InChI=1S/C18H20N4O.ClH/c1-4-15-12(2)21(3)17-8-7-13(10-16(15)17)22(18(19)23)14-6-5-9-20-11-14;/h5-11H,4H2,1-3H3,(H2,19,23);1H. The summed E-state index contributed by atoms with van der Waals surface area (Å²) in [5.41, 5.74) is 10.7. The first-order valence-corrected chi connectivity index (χ1v) is 7.62. The van der Waals surface area contributed by atoms with E-state index in [1.807, 2.05) is 24.3 Å². The lowest BCUT2D eigenvalue weighted by Crippen LogP contribution is -2.31. The topological polar surface area (TPSA) is 64.2 Å². The van der Waals surface area contributed by atoms with Crippen molar-refractivity contribution in [2.45, 2.75) is 20.3 Å². The summed E-state index contributed by atoms with van der Waals surface area (Å²) >= 11 is 0. The maximum Gasteiger partial charge on any atom is 0.323 e. The average molecular weight is 345 g/mol. The van der Waals surface area contributed by atoms with E-state index in [1.54, 1.807) is 18.5 Å². The Labute approximate surface area is 147 Å². The summed E-state index contributed by atoms with van der Waals surface area (Å²) in [6.07, 6.45) is 4.24. The SMILES string of the molecule is CCc1c(C)n(C)c2ccc(N(C(N)=O)c3cccnc3)cc12.Cl. The number of carbonyl (C=O) groups is 1. The van der Waals surface area contributed by atoms with Crippen molar-refractivity contribution < 1.29 is 4.79 Å². The molecular formula is C18H21ClN4O. The molecule has 0 spiro atoms. The third-order valence-corrected chi connectivity index (χ3v) is 4.34. The van der Waals surface area contributed by atoms with Crippen molar-refractivity contribution in [2.24, 2.45) is 12.8 Å². The van der Waals surface area contributed by atoms with Crippen LogP contribution >= 0.6 is 12.4 Å². The number of primary amides is 1. The minimum atomic E-state index is -0.525. The number of hydrogen-bond acceptors (Lipinski definition) is 2. The molecule has 0 fully saturated rings. The second-order valence-corrected chi connectivity index (χ2v) is 5.56. The zero-order valence-electron chi connectivity index (χ0n) is 14.0. The van der Waals surface area contributed by atoms with Crippen molar-refractivity contribution in [1.29, 1.82) is 0 Å². The quantitative estimate of drug-likeness (QED) is 0.778. The van der Waals surface area contributed by atoms with Gasteiger partial charge < -0.3 is 10.3 Å². The minimum absolute atomic E-state index is 0. The number of carbonyl (C=O) groups excluding carboxylic acids is 1. The molecule has 1 aromatic carbocycles. The number of nitrogens with zero attached hydrogens (tertiary/aromatic N) is 3. The van der Waals surface area contributed by atoms with E-state index in [2.05, 4.69) is 30.4 Å². The van der Waals surface area contributed by atoms with Gasteiger partial charge in [-0.2, -0.15) is 0 Å². The van der Waals surface area contributed by atoms with E-state index in [1.165, 1.54) is 16.2 Å². The number of aromatic nitrogens is 2. The first kappa shape index (κ1) is 17.8. The van der Waals surface area contributed by atoms with Crippen LogP contribution in [0.3, 0.4) is 0 Å². The van der Waals surface area contributed by atoms with Gasteiger partial charge in [-0.1, -0.05) is 6.92 Å². The van der Waals surface area contributed by atoms with Crippen LogP contribution in [0, 0.1) is 6.92 Å². The van der Waals surface area contributed by atoms with E-state index in [4.69, 9.17) is 5.73 Å². The van der Waals surface area contributed by atoms with E-state index >= 15 is 0 Å². The molecule has 2 N–H and O–H groups in total. The number of nitrogens with two attached hydrogens (primary N) is 1.